The van der Waals surface area contributed by atoms with E-state index in [1.807, 2.05) is 6.07 Å². The van der Waals surface area contributed by atoms with Gasteiger partial charge in [-0.05, 0) is 37.0 Å². The molecule has 3 N–H and O–H groups in total. The Morgan fingerprint density at radius 3 is 2.86 bits per heavy atom. The number of carbonyl (C=O) groups excluding carboxylic acids is 1. The number of hydrogen-bond acceptors (Lipinski definition) is 2. The van der Waals surface area contributed by atoms with Crippen molar-refractivity contribution in [1.29, 1.82) is 0 Å². The molecule has 1 aliphatic rings. The highest BCUT2D eigenvalue weighted by Crippen LogP contribution is 2.30. The second kappa shape index (κ2) is 5.40. The van der Waals surface area contributed by atoms with Crippen LogP contribution in [0.5, 0.6) is 5.75 Å². The molecule has 7 heteroatoms. The molecule has 0 saturated carbocycles. The molecule has 1 heterocycles. The van der Waals surface area contributed by atoms with Gasteiger partial charge in [0.1, 0.15) is 0 Å². The molecule has 1 atom stereocenters. The van der Waals surface area contributed by atoms with Gasteiger partial charge in [0.15, 0.2) is 17.4 Å². The molecule has 1 amide bonds. The summed E-state index contributed by atoms with van der Waals surface area (Å²) in [6, 6.07) is 1.93. The number of aryl methyl sites for hydroxylation is 1. The van der Waals surface area contributed by atoms with E-state index in [9.17, 15) is 23.1 Å². The molecule has 4 nitrogen and oxygen atoms in total. The molecule has 0 unspecified atom stereocenters. The van der Waals surface area contributed by atoms with Crippen molar-refractivity contribution in [3.05, 3.63) is 52.6 Å². The summed E-state index contributed by atoms with van der Waals surface area (Å²) in [6.45, 7) is 0. The molecule has 1 aliphatic carbocycles. The molecule has 0 saturated heterocycles. The fraction of sp³-hybridized carbons (Fsp3) is 0.267. The minimum Gasteiger partial charge on any atom is -0.503 e. The highest BCUT2D eigenvalue weighted by Gasteiger charge is 2.27. The molecular weight excluding hydrogens is 297 g/mol. The molecular formula is C15H13F3N2O2. The zero-order valence-electron chi connectivity index (χ0n) is 11.4. The first-order valence-corrected chi connectivity index (χ1v) is 6.82. The van der Waals surface area contributed by atoms with Crippen LogP contribution in [0.2, 0.25) is 0 Å². The number of H-pyrrole nitrogens is 1. The zero-order chi connectivity index (χ0) is 15.9. The minimum atomic E-state index is -1.71. The van der Waals surface area contributed by atoms with Crippen molar-refractivity contribution in [2.24, 2.45) is 0 Å². The largest absolute Gasteiger partial charge is 0.503 e. The standard InChI is InChI=1S/C15H13F3N2O2/c16-9-6-8(12(17)14(21)13(9)18)15(22)20-11-3-1-2-10-7(11)4-5-19-10/h4-6,11,19,21H,1-3H2,(H,20,22)/t11-/m0/s1. The summed E-state index contributed by atoms with van der Waals surface area (Å²) in [4.78, 5) is 15.2. The first-order valence-electron chi connectivity index (χ1n) is 6.82. The molecule has 116 valence electrons. The molecule has 1 aromatic heterocycles. The summed E-state index contributed by atoms with van der Waals surface area (Å²) in [5, 5.41) is 11.8. The van der Waals surface area contributed by atoms with Gasteiger partial charge in [-0.25, -0.2) is 8.78 Å². The maximum atomic E-state index is 13.8. The monoisotopic (exact) mass is 310 g/mol. The van der Waals surface area contributed by atoms with Crippen LogP contribution in [0, 0.1) is 17.5 Å². The van der Waals surface area contributed by atoms with E-state index in [4.69, 9.17) is 0 Å². The minimum absolute atomic E-state index is 0.336. The smallest absolute Gasteiger partial charge is 0.254 e. The van der Waals surface area contributed by atoms with Crippen molar-refractivity contribution in [3.8, 4) is 5.75 Å². The van der Waals surface area contributed by atoms with Gasteiger partial charge in [-0.3, -0.25) is 4.79 Å². The number of fused-ring (bicyclic) bond motifs is 1. The number of aromatic nitrogens is 1. The SMILES string of the molecule is O=C(N[C@H]1CCCc2[nH]ccc21)c1cc(F)c(F)c(O)c1F. The number of aromatic hydroxyl groups is 1. The van der Waals surface area contributed by atoms with Gasteiger partial charge >= 0.3 is 0 Å². The Kier molecular flexibility index (Phi) is 3.56. The summed E-state index contributed by atoms with van der Waals surface area (Å²) in [7, 11) is 0. The van der Waals surface area contributed by atoms with E-state index in [0.717, 1.165) is 24.1 Å². The normalized spacial score (nSPS) is 17.1. The van der Waals surface area contributed by atoms with E-state index in [0.29, 0.717) is 12.5 Å². The second-order valence-corrected chi connectivity index (χ2v) is 5.21. The third kappa shape index (κ3) is 2.32. The summed E-state index contributed by atoms with van der Waals surface area (Å²) in [6.07, 6.45) is 4.10. The van der Waals surface area contributed by atoms with Crippen LogP contribution >= 0.6 is 0 Å². The zero-order valence-corrected chi connectivity index (χ0v) is 11.4. The fourth-order valence-corrected chi connectivity index (χ4v) is 2.74. The lowest BCUT2D eigenvalue weighted by Gasteiger charge is -2.24. The Morgan fingerprint density at radius 2 is 2.09 bits per heavy atom. The van der Waals surface area contributed by atoms with Crippen molar-refractivity contribution in [2.45, 2.75) is 25.3 Å². The lowest BCUT2D eigenvalue weighted by molar-refractivity contribution is 0.0927. The third-order valence-corrected chi connectivity index (χ3v) is 3.85. The number of amides is 1. The van der Waals surface area contributed by atoms with E-state index in [1.54, 1.807) is 6.20 Å². The highest BCUT2D eigenvalue weighted by molar-refractivity contribution is 5.95. The van der Waals surface area contributed by atoms with E-state index in [2.05, 4.69) is 10.3 Å². The summed E-state index contributed by atoms with van der Waals surface area (Å²) < 4.78 is 40.1. The van der Waals surface area contributed by atoms with Gasteiger partial charge in [0, 0.05) is 11.9 Å². The molecule has 0 spiro atoms. The number of phenolic OH excluding ortho intramolecular Hbond substituents is 1. The average molecular weight is 310 g/mol. The molecule has 3 rings (SSSR count). The maximum absolute atomic E-state index is 13.8. The van der Waals surface area contributed by atoms with Crippen LogP contribution in [0.25, 0.3) is 0 Å². The van der Waals surface area contributed by atoms with Gasteiger partial charge in [-0.2, -0.15) is 4.39 Å². The molecule has 1 aromatic carbocycles. The number of benzene rings is 1. The van der Waals surface area contributed by atoms with Gasteiger partial charge in [0.25, 0.3) is 5.91 Å². The van der Waals surface area contributed by atoms with E-state index < -0.39 is 34.7 Å². The summed E-state index contributed by atoms with van der Waals surface area (Å²) in [5.74, 6) is -7.04. The molecule has 0 fully saturated rings. The molecule has 0 aliphatic heterocycles. The number of phenols is 1. The number of aromatic amines is 1. The Balaban J connectivity index is 1.88. The second-order valence-electron chi connectivity index (χ2n) is 5.21. The van der Waals surface area contributed by atoms with Crippen LogP contribution < -0.4 is 5.32 Å². The molecule has 2 aromatic rings. The van der Waals surface area contributed by atoms with Gasteiger partial charge in [0.2, 0.25) is 5.82 Å². The van der Waals surface area contributed by atoms with Crippen LogP contribution in [0.4, 0.5) is 13.2 Å². The number of halogens is 3. The predicted octanol–water partition coefficient (Wildman–Crippen LogP) is 2.95. The Labute approximate surface area is 124 Å². The maximum Gasteiger partial charge on any atom is 0.254 e. The molecule has 0 radical (unpaired) electrons. The first kappa shape index (κ1) is 14.5. The van der Waals surface area contributed by atoms with Crippen LogP contribution in [0.3, 0.4) is 0 Å². The molecule has 0 bridgehead atoms. The van der Waals surface area contributed by atoms with Crippen LogP contribution in [0.1, 0.15) is 40.5 Å². The Bertz CT molecular complexity index is 743. The van der Waals surface area contributed by atoms with Crippen molar-refractivity contribution in [2.75, 3.05) is 0 Å². The lowest BCUT2D eigenvalue weighted by Crippen LogP contribution is -2.31. The van der Waals surface area contributed by atoms with Gasteiger partial charge in [0.05, 0.1) is 11.6 Å². The molecule has 22 heavy (non-hydrogen) atoms. The Hall–Kier alpha value is -2.44. The summed E-state index contributed by atoms with van der Waals surface area (Å²) in [5.41, 5.74) is 1.16. The van der Waals surface area contributed by atoms with Crippen molar-refractivity contribution >= 4 is 5.91 Å². The van der Waals surface area contributed by atoms with Crippen molar-refractivity contribution in [3.63, 3.8) is 0 Å². The van der Waals surface area contributed by atoms with Crippen molar-refractivity contribution < 1.29 is 23.1 Å². The Morgan fingerprint density at radius 1 is 1.32 bits per heavy atom. The topological polar surface area (TPSA) is 65.1 Å². The highest BCUT2D eigenvalue weighted by atomic mass is 19.2. The number of carbonyl (C=O) groups is 1. The number of rotatable bonds is 2. The fourth-order valence-electron chi connectivity index (χ4n) is 2.74. The predicted molar refractivity (Wildman–Crippen MR) is 71.9 cm³/mol. The van der Waals surface area contributed by atoms with E-state index in [-0.39, 0.29) is 6.04 Å². The van der Waals surface area contributed by atoms with Crippen LogP contribution in [0.15, 0.2) is 18.3 Å². The summed E-state index contributed by atoms with van der Waals surface area (Å²) >= 11 is 0. The number of hydrogen-bond donors (Lipinski definition) is 3. The quantitative estimate of drug-likeness (QED) is 0.747. The van der Waals surface area contributed by atoms with E-state index in [1.165, 1.54) is 0 Å². The average Bonchev–Trinajstić information content (AvgIpc) is 2.98. The van der Waals surface area contributed by atoms with E-state index >= 15 is 0 Å². The third-order valence-electron chi connectivity index (χ3n) is 3.85. The van der Waals surface area contributed by atoms with Crippen molar-refractivity contribution in [1.82, 2.24) is 10.3 Å². The first-order chi connectivity index (χ1) is 10.5. The van der Waals surface area contributed by atoms with Gasteiger partial charge in [-0.15, -0.1) is 0 Å². The van der Waals surface area contributed by atoms with Crippen LogP contribution in [-0.2, 0) is 6.42 Å². The number of nitrogens with one attached hydrogen (secondary N) is 2. The van der Waals surface area contributed by atoms with Crippen LogP contribution in [-0.4, -0.2) is 16.0 Å². The van der Waals surface area contributed by atoms with Gasteiger partial charge in [-0.1, -0.05) is 0 Å². The lowest BCUT2D eigenvalue weighted by atomic mass is 9.92. The van der Waals surface area contributed by atoms with Gasteiger partial charge < -0.3 is 15.4 Å².